The first-order valence-corrected chi connectivity index (χ1v) is 16.6. The zero-order valence-electron chi connectivity index (χ0n) is 24.4. The van der Waals surface area contributed by atoms with Gasteiger partial charge in [0.25, 0.3) is 10.0 Å². The number of carbonyl (C=O) groups excluding carboxylic acids is 2. The molecule has 1 N–H and O–H groups in total. The van der Waals surface area contributed by atoms with Crippen LogP contribution in [0.25, 0.3) is 0 Å². The van der Waals surface area contributed by atoms with Crippen LogP contribution in [0.2, 0.25) is 10.0 Å². The Bertz CT molecular complexity index is 1640. The van der Waals surface area contributed by atoms with Crippen LogP contribution < -0.4 is 9.62 Å². The van der Waals surface area contributed by atoms with E-state index in [1.54, 1.807) is 30.3 Å². The molecule has 0 aliphatic carbocycles. The minimum absolute atomic E-state index is 0.00535. The standard InChI is InChI=1S/C34H35Cl2N3O4S/c1-2-3-22-37-34(41)31(23-26-14-7-4-8-15-26)38(24-27-16-9-5-10-17-27)32(40)25-39(30-21-13-20-29(35)33(30)36)44(42,43)28-18-11-6-12-19-28/h4-21,31H,2-3,22-25H2,1H3,(H,37,41). The molecule has 0 fully saturated rings. The van der Waals surface area contributed by atoms with Crippen molar-refractivity contribution in [1.29, 1.82) is 0 Å². The third-order valence-electron chi connectivity index (χ3n) is 7.11. The van der Waals surface area contributed by atoms with Crippen molar-refractivity contribution in [2.24, 2.45) is 0 Å². The normalized spacial score (nSPS) is 11.9. The third-order valence-corrected chi connectivity index (χ3v) is 9.69. The second-order valence-electron chi connectivity index (χ2n) is 10.3. The van der Waals surface area contributed by atoms with E-state index in [0.717, 1.165) is 28.3 Å². The molecule has 0 aliphatic rings. The summed E-state index contributed by atoms with van der Waals surface area (Å²) in [5.41, 5.74) is 1.71. The molecule has 0 bridgehead atoms. The first-order valence-electron chi connectivity index (χ1n) is 14.4. The molecule has 7 nitrogen and oxygen atoms in total. The van der Waals surface area contributed by atoms with Gasteiger partial charge in [-0.05, 0) is 41.8 Å². The van der Waals surface area contributed by atoms with Crippen molar-refractivity contribution in [3.8, 4) is 0 Å². The van der Waals surface area contributed by atoms with Gasteiger partial charge in [-0.15, -0.1) is 0 Å². The highest BCUT2D eigenvalue weighted by molar-refractivity contribution is 7.92. The second kappa shape index (κ2) is 15.7. The molecule has 2 amide bonds. The Morgan fingerprint density at radius 3 is 2.00 bits per heavy atom. The highest BCUT2D eigenvalue weighted by Gasteiger charge is 2.35. The van der Waals surface area contributed by atoms with Crippen LogP contribution in [-0.2, 0) is 32.6 Å². The molecule has 44 heavy (non-hydrogen) atoms. The Morgan fingerprint density at radius 2 is 1.39 bits per heavy atom. The average Bonchev–Trinajstić information content (AvgIpc) is 3.04. The second-order valence-corrected chi connectivity index (χ2v) is 12.9. The van der Waals surface area contributed by atoms with Crippen molar-refractivity contribution in [2.75, 3.05) is 17.4 Å². The number of hydrogen-bond acceptors (Lipinski definition) is 4. The topological polar surface area (TPSA) is 86.8 Å². The van der Waals surface area contributed by atoms with Crippen molar-refractivity contribution >= 4 is 50.7 Å². The van der Waals surface area contributed by atoms with E-state index in [9.17, 15) is 18.0 Å². The van der Waals surface area contributed by atoms with Crippen LogP contribution in [0.5, 0.6) is 0 Å². The largest absolute Gasteiger partial charge is 0.354 e. The molecule has 4 aromatic carbocycles. The quantitative estimate of drug-likeness (QED) is 0.153. The first kappa shape index (κ1) is 33.1. The number of hydrogen-bond donors (Lipinski definition) is 1. The molecule has 0 radical (unpaired) electrons. The van der Waals surface area contributed by atoms with E-state index in [1.807, 2.05) is 67.6 Å². The van der Waals surface area contributed by atoms with Crippen LogP contribution in [0.1, 0.15) is 30.9 Å². The Balaban J connectivity index is 1.80. The molecule has 0 saturated heterocycles. The maximum atomic E-state index is 14.4. The fourth-order valence-corrected chi connectivity index (χ4v) is 6.65. The summed E-state index contributed by atoms with van der Waals surface area (Å²) < 4.78 is 29.1. The Morgan fingerprint density at radius 1 is 0.795 bits per heavy atom. The molecule has 4 rings (SSSR count). The molecule has 0 spiro atoms. The maximum Gasteiger partial charge on any atom is 0.264 e. The van der Waals surface area contributed by atoms with Crippen molar-refractivity contribution in [2.45, 2.75) is 43.7 Å². The Labute approximate surface area is 269 Å². The number of amides is 2. The van der Waals surface area contributed by atoms with Crippen molar-refractivity contribution in [3.63, 3.8) is 0 Å². The average molecular weight is 653 g/mol. The zero-order valence-corrected chi connectivity index (χ0v) is 26.7. The van der Waals surface area contributed by atoms with Gasteiger partial charge < -0.3 is 10.2 Å². The smallest absolute Gasteiger partial charge is 0.264 e. The molecule has 1 unspecified atom stereocenters. The molecular weight excluding hydrogens is 617 g/mol. The van der Waals surface area contributed by atoms with Gasteiger partial charge >= 0.3 is 0 Å². The van der Waals surface area contributed by atoms with Gasteiger partial charge in [-0.1, -0.05) is 121 Å². The van der Waals surface area contributed by atoms with Gasteiger partial charge in [0, 0.05) is 19.5 Å². The summed E-state index contributed by atoms with van der Waals surface area (Å²) in [5.74, 6) is -0.888. The highest BCUT2D eigenvalue weighted by Crippen LogP contribution is 2.35. The van der Waals surface area contributed by atoms with E-state index in [-0.39, 0.29) is 39.5 Å². The van der Waals surface area contributed by atoms with Gasteiger partial charge in [0.2, 0.25) is 11.8 Å². The Hall–Kier alpha value is -3.85. The van der Waals surface area contributed by atoms with Gasteiger partial charge in [-0.2, -0.15) is 0 Å². The van der Waals surface area contributed by atoms with E-state index in [1.165, 1.54) is 23.1 Å². The lowest BCUT2D eigenvalue weighted by molar-refractivity contribution is -0.140. The van der Waals surface area contributed by atoms with Gasteiger partial charge in [-0.25, -0.2) is 8.42 Å². The molecule has 0 saturated carbocycles. The number of nitrogens with one attached hydrogen (secondary N) is 1. The molecular formula is C34H35Cl2N3O4S. The molecule has 4 aromatic rings. The van der Waals surface area contributed by atoms with Crippen LogP contribution in [0, 0.1) is 0 Å². The van der Waals surface area contributed by atoms with E-state index in [4.69, 9.17) is 23.2 Å². The molecule has 0 aromatic heterocycles. The minimum Gasteiger partial charge on any atom is -0.354 e. The molecule has 1 atom stereocenters. The van der Waals surface area contributed by atoms with E-state index in [0.29, 0.717) is 6.54 Å². The summed E-state index contributed by atoms with van der Waals surface area (Å²) in [4.78, 5) is 29.6. The van der Waals surface area contributed by atoms with Gasteiger partial charge in [0.15, 0.2) is 0 Å². The van der Waals surface area contributed by atoms with Crippen molar-refractivity contribution < 1.29 is 18.0 Å². The summed E-state index contributed by atoms with van der Waals surface area (Å²) in [6.07, 6.45) is 1.91. The van der Waals surface area contributed by atoms with Crippen LogP contribution >= 0.6 is 23.2 Å². The van der Waals surface area contributed by atoms with Crippen LogP contribution in [0.4, 0.5) is 5.69 Å². The van der Waals surface area contributed by atoms with Crippen molar-refractivity contribution in [1.82, 2.24) is 10.2 Å². The lowest BCUT2D eigenvalue weighted by Gasteiger charge is -2.34. The SMILES string of the molecule is CCCCNC(=O)C(Cc1ccccc1)N(Cc1ccccc1)C(=O)CN(c1cccc(Cl)c1Cl)S(=O)(=O)c1ccccc1. The van der Waals surface area contributed by atoms with E-state index >= 15 is 0 Å². The lowest BCUT2D eigenvalue weighted by Crippen LogP contribution is -2.53. The molecule has 10 heteroatoms. The molecule has 0 heterocycles. The van der Waals surface area contributed by atoms with E-state index < -0.39 is 28.5 Å². The number of sulfonamides is 1. The number of nitrogens with zero attached hydrogens (tertiary/aromatic N) is 2. The van der Waals surface area contributed by atoms with E-state index in [2.05, 4.69) is 5.32 Å². The minimum atomic E-state index is -4.28. The Kier molecular flexibility index (Phi) is 11.8. The lowest BCUT2D eigenvalue weighted by atomic mass is 10.0. The number of benzene rings is 4. The molecule has 0 aliphatic heterocycles. The number of unbranched alkanes of at least 4 members (excludes halogenated alkanes) is 1. The summed E-state index contributed by atoms with van der Waals surface area (Å²) in [5, 5.41) is 3.12. The van der Waals surface area contributed by atoms with Gasteiger partial charge in [0.05, 0.1) is 20.6 Å². The first-order chi connectivity index (χ1) is 21.2. The monoisotopic (exact) mass is 651 g/mol. The number of halogens is 2. The zero-order chi connectivity index (χ0) is 31.5. The molecule has 230 valence electrons. The van der Waals surface area contributed by atoms with Gasteiger partial charge in [-0.3, -0.25) is 13.9 Å². The maximum absolute atomic E-state index is 14.4. The highest BCUT2D eigenvalue weighted by atomic mass is 35.5. The third kappa shape index (κ3) is 8.40. The summed E-state index contributed by atoms with van der Waals surface area (Å²) in [6, 6.07) is 30.2. The number of anilines is 1. The summed E-state index contributed by atoms with van der Waals surface area (Å²) >= 11 is 12.8. The number of rotatable bonds is 14. The van der Waals surface area contributed by atoms with Crippen LogP contribution in [-0.4, -0.2) is 44.3 Å². The predicted octanol–water partition coefficient (Wildman–Crippen LogP) is 6.75. The summed E-state index contributed by atoms with van der Waals surface area (Å²) in [6.45, 7) is 1.96. The van der Waals surface area contributed by atoms with Gasteiger partial charge in [0.1, 0.15) is 12.6 Å². The fraction of sp³-hybridized carbons (Fsp3) is 0.235. The fourth-order valence-electron chi connectivity index (χ4n) is 4.76. The van der Waals surface area contributed by atoms with Crippen LogP contribution in [0.3, 0.4) is 0 Å². The van der Waals surface area contributed by atoms with Crippen molar-refractivity contribution in [3.05, 3.63) is 130 Å². The summed E-state index contributed by atoms with van der Waals surface area (Å²) in [7, 11) is -4.28. The predicted molar refractivity (Wildman–Crippen MR) is 176 cm³/mol. The number of carbonyl (C=O) groups is 2. The van der Waals surface area contributed by atoms with Crippen LogP contribution in [0.15, 0.2) is 114 Å².